The summed E-state index contributed by atoms with van der Waals surface area (Å²) >= 11 is 0. The summed E-state index contributed by atoms with van der Waals surface area (Å²) in [4.78, 5) is 2.64. The summed E-state index contributed by atoms with van der Waals surface area (Å²) in [5.74, 6) is 0. The summed E-state index contributed by atoms with van der Waals surface area (Å²) in [6.07, 6.45) is 5.51. The molecular weight excluding hydrogens is 176 g/mol. The van der Waals surface area contributed by atoms with Crippen molar-refractivity contribution < 1.29 is 4.74 Å². The van der Waals surface area contributed by atoms with Gasteiger partial charge in [-0.2, -0.15) is 0 Å². The summed E-state index contributed by atoms with van der Waals surface area (Å²) in [6, 6.07) is 0.731. The van der Waals surface area contributed by atoms with Crippen molar-refractivity contribution in [2.75, 3.05) is 32.8 Å². The quantitative estimate of drug-likeness (QED) is 0.665. The summed E-state index contributed by atoms with van der Waals surface area (Å²) in [7, 11) is 0. The van der Waals surface area contributed by atoms with E-state index in [-0.39, 0.29) is 0 Å². The fraction of sp³-hybridized carbons (Fsp3) is 1.00. The molecule has 1 atom stereocenters. The van der Waals surface area contributed by atoms with Gasteiger partial charge in [0.2, 0.25) is 0 Å². The van der Waals surface area contributed by atoms with Crippen LogP contribution in [0.2, 0.25) is 0 Å². The molecule has 1 spiro atoms. The van der Waals surface area contributed by atoms with Crippen LogP contribution in [0.1, 0.15) is 25.7 Å². The van der Waals surface area contributed by atoms with E-state index in [1.807, 2.05) is 0 Å². The molecule has 3 saturated heterocycles. The van der Waals surface area contributed by atoms with Gasteiger partial charge in [0.25, 0.3) is 0 Å². The largest absolute Gasteiger partial charge is 0.378 e. The van der Waals surface area contributed by atoms with Gasteiger partial charge in [0.15, 0.2) is 0 Å². The Labute approximate surface area is 85.8 Å². The molecule has 0 aromatic heterocycles. The number of likely N-dealkylation sites (tertiary alicyclic amines) is 1. The second-order valence-electron chi connectivity index (χ2n) is 5.08. The number of hydrogen-bond acceptors (Lipinski definition) is 3. The molecule has 3 heterocycles. The van der Waals surface area contributed by atoms with Crippen molar-refractivity contribution in [2.45, 2.75) is 37.3 Å². The first-order chi connectivity index (χ1) is 6.88. The first-order valence-corrected chi connectivity index (χ1v) is 5.95. The van der Waals surface area contributed by atoms with Crippen LogP contribution in [0.5, 0.6) is 0 Å². The third-order valence-corrected chi connectivity index (χ3v) is 4.08. The van der Waals surface area contributed by atoms with E-state index in [4.69, 9.17) is 4.74 Å². The van der Waals surface area contributed by atoms with Crippen LogP contribution in [-0.4, -0.2) is 49.3 Å². The van der Waals surface area contributed by atoms with Crippen LogP contribution in [0, 0.1) is 0 Å². The van der Waals surface area contributed by atoms with E-state index in [1.165, 1.54) is 45.3 Å². The Morgan fingerprint density at radius 2 is 2.07 bits per heavy atom. The Morgan fingerprint density at radius 1 is 1.21 bits per heavy atom. The number of piperidine rings is 1. The van der Waals surface area contributed by atoms with Crippen molar-refractivity contribution in [3.05, 3.63) is 0 Å². The molecule has 3 heteroatoms. The maximum atomic E-state index is 5.28. The SMILES string of the molecule is C1CN[C@]2(C1)CCCN(C1COC1)C2. The lowest BCUT2D eigenvalue weighted by atomic mass is 9.87. The average Bonchev–Trinajstić information content (AvgIpc) is 2.50. The molecule has 0 aromatic carbocycles. The molecular formula is C11H20N2O. The average molecular weight is 196 g/mol. The van der Waals surface area contributed by atoms with Gasteiger partial charge in [-0.05, 0) is 38.8 Å². The third kappa shape index (κ3) is 1.47. The maximum Gasteiger partial charge on any atom is 0.0645 e. The van der Waals surface area contributed by atoms with Crippen LogP contribution in [0.4, 0.5) is 0 Å². The first kappa shape index (κ1) is 9.13. The Hall–Kier alpha value is -0.120. The molecule has 80 valence electrons. The zero-order chi connectivity index (χ0) is 9.43. The lowest BCUT2D eigenvalue weighted by molar-refractivity contribution is -0.0802. The Balaban J connectivity index is 1.65. The van der Waals surface area contributed by atoms with Crippen molar-refractivity contribution in [1.29, 1.82) is 0 Å². The third-order valence-electron chi connectivity index (χ3n) is 4.08. The zero-order valence-corrected chi connectivity index (χ0v) is 8.80. The highest BCUT2D eigenvalue weighted by atomic mass is 16.5. The zero-order valence-electron chi connectivity index (χ0n) is 8.80. The molecule has 1 N–H and O–H groups in total. The molecule has 0 radical (unpaired) electrons. The van der Waals surface area contributed by atoms with Crippen molar-refractivity contribution in [1.82, 2.24) is 10.2 Å². The minimum absolute atomic E-state index is 0.480. The van der Waals surface area contributed by atoms with Crippen LogP contribution in [0.15, 0.2) is 0 Å². The van der Waals surface area contributed by atoms with E-state index in [9.17, 15) is 0 Å². The number of ether oxygens (including phenoxy) is 1. The molecule has 3 rings (SSSR count). The fourth-order valence-corrected chi connectivity index (χ4v) is 3.13. The van der Waals surface area contributed by atoms with Crippen molar-refractivity contribution >= 4 is 0 Å². The highest BCUT2D eigenvalue weighted by Gasteiger charge is 2.40. The van der Waals surface area contributed by atoms with Gasteiger partial charge in [0, 0.05) is 12.1 Å². The van der Waals surface area contributed by atoms with Crippen molar-refractivity contribution in [3.63, 3.8) is 0 Å². The summed E-state index contributed by atoms with van der Waals surface area (Å²) < 4.78 is 5.28. The summed E-state index contributed by atoms with van der Waals surface area (Å²) in [5.41, 5.74) is 0.480. The van der Waals surface area contributed by atoms with Crippen LogP contribution in [0.25, 0.3) is 0 Å². The molecule has 0 amide bonds. The molecule has 0 unspecified atom stereocenters. The van der Waals surface area contributed by atoms with Crippen molar-refractivity contribution in [3.8, 4) is 0 Å². The van der Waals surface area contributed by atoms with Crippen molar-refractivity contribution in [2.24, 2.45) is 0 Å². The first-order valence-electron chi connectivity index (χ1n) is 5.95. The molecule has 0 aliphatic carbocycles. The Morgan fingerprint density at radius 3 is 2.71 bits per heavy atom. The van der Waals surface area contributed by atoms with E-state index in [0.717, 1.165) is 19.3 Å². The number of nitrogens with zero attached hydrogens (tertiary/aromatic N) is 1. The lowest BCUT2D eigenvalue weighted by Crippen LogP contribution is -2.60. The lowest BCUT2D eigenvalue weighted by Gasteiger charge is -2.46. The molecule has 3 aliphatic heterocycles. The highest BCUT2D eigenvalue weighted by Crippen LogP contribution is 2.31. The van der Waals surface area contributed by atoms with Gasteiger partial charge in [0.1, 0.15) is 0 Å². The van der Waals surface area contributed by atoms with Gasteiger partial charge in [0.05, 0.1) is 19.3 Å². The van der Waals surface area contributed by atoms with E-state index < -0.39 is 0 Å². The van der Waals surface area contributed by atoms with Gasteiger partial charge in [-0.15, -0.1) is 0 Å². The summed E-state index contributed by atoms with van der Waals surface area (Å²) in [5, 5.41) is 3.72. The molecule has 3 fully saturated rings. The minimum atomic E-state index is 0.480. The van der Waals surface area contributed by atoms with E-state index >= 15 is 0 Å². The number of hydrogen-bond donors (Lipinski definition) is 1. The molecule has 0 bridgehead atoms. The van der Waals surface area contributed by atoms with E-state index in [2.05, 4.69) is 10.2 Å². The summed E-state index contributed by atoms with van der Waals surface area (Å²) in [6.45, 7) is 5.72. The second-order valence-corrected chi connectivity index (χ2v) is 5.08. The van der Waals surface area contributed by atoms with Crippen LogP contribution in [-0.2, 0) is 4.74 Å². The van der Waals surface area contributed by atoms with E-state index in [0.29, 0.717) is 5.54 Å². The molecule has 0 saturated carbocycles. The predicted octanol–water partition coefficient (Wildman–Crippen LogP) is 0.603. The van der Waals surface area contributed by atoms with Gasteiger partial charge < -0.3 is 10.1 Å². The second kappa shape index (κ2) is 3.47. The number of nitrogens with one attached hydrogen (secondary N) is 1. The van der Waals surface area contributed by atoms with Gasteiger partial charge in [-0.1, -0.05) is 0 Å². The van der Waals surface area contributed by atoms with Gasteiger partial charge >= 0.3 is 0 Å². The van der Waals surface area contributed by atoms with Crippen LogP contribution < -0.4 is 5.32 Å². The molecule has 3 aliphatic rings. The standard InChI is InChI=1S/C11H20N2O/c1-3-11(12-5-1)4-2-6-13(9-11)10-7-14-8-10/h10,12H,1-9H2/t11-/m1/s1. The minimum Gasteiger partial charge on any atom is -0.378 e. The molecule has 3 nitrogen and oxygen atoms in total. The van der Waals surface area contributed by atoms with Crippen LogP contribution in [0.3, 0.4) is 0 Å². The molecule has 0 aromatic rings. The Kier molecular flexibility index (Phi) is 2.26. The normalized spacial score (nSPS) is 40.3. The maximum absolute atomic E-state index is 5.28. The van der Waals surface area contributed by atoms with Gasteiger partial charge in [-0.3, -0.25) is 4.90 Å². The fourth-order valence-electron chi connectivity index (χ4n) is 3.13. The Bertz CT molecular complexity index is 209. The predicted molar refractivity (Wildman–Crippen MR) is 55.4 cm³/mol. The topological polar surface area (TPSA) is 24.5 Å². The highest BCUT2D eigenvalue weighted by molar-refractivity contribution is 5.00. The molecule has 14 heavy (non-hydrogen) atoms. The van der Waals surface area contributed by atoms with Crippen LogP contribution >= 0.6 is 0 Å². The smallest absolute Gasteiger partial charge is 0.0645 e. The van der Waals surface area contributed by atoms with E-state index in [1.54, 1.807) is 0 Å². The monoisotopic (exact) mass is 196 g/mol. The number of rotatable bonds is 1. The van der Waals surface area contributed by atoms with Gasteiger partial charge in [-0.25, -0.2) is 0 Å².